The highest BCUT2D eigenvalue weighted by molar-refractivity contribution is 6.32. The van der Waals surface area contributed by atoms with Gasteiger partial charge in [-0.2, -0.15) is 0 Å². The predicted molar refractivity (Wildman–Crippen MR) is 130 cm³/mol. The summed E-state index contributed by atoms with van der Waals surface area (Å²) in [6.07, 6.45) is 7.39. The molecule has 0 spiro atoms. The Bertz CT molecular complexity index is 1120. The van der Waals surface area contributed by atoms with Crippen molar-refractivity contribution < 1.29 is 14.3 Å². The maximum atomic E-state index is 12.7. The zero-order valence-electron chi connectivity index (χ0n) is 19.2. The Hall–Kier alpha value is -3.03. The van der Waals surface area contributed by atoms with E-state index in [4.69, 9.17) is 21.1 Å². The number of methoxy groups -OCH3 is 1. The third-order valence-corrected chi connectivity index (χ3v) is 5.79. The fourth-order valence-corrected chi connectivity index (χ4v) is 4.14. The van der Waals surface area contributed by atoms with Gasteiger partial charge in [0.2, 0.25) is 5.91 Å². The Kier molecular flexibility index (Phi) is 7.20. The van der Waals surface area contributed by atoms with Crippen molar-refractivity contribution in [2.45, 2.75) is 26.5 Å². The number of amides is 1. The maximum Gasteiger partial charge on any atom is 0.246 e. The lowest BCUT2D eigenvalue weighted by molar-refractivity contribution is -0.127. The molecule has 1 aliphatic heterocycles. The fraction of sp³-hybridized carbons (Fsp3) is 0.360. The minimum absolute atomic E-state index is 0.0139. The molecule has 8 heteroatoms. The Balaban J connectivity index is 1.33. The smallest absolute Gasteiger partial charge is 0.246 e. The molecule has 1 aromatic carbocycles. The van der Waals surface area contributed by atoms with Gasteiger partial charge in [-0.05, 0) is 49.8 Å². The van der Waals surface area contributed by atoms with E-state index in [1.54, 1.807) is 25.3 Å². The third kappa shape index (κ3) is 5.67. The van der Waals surface area contributed by atoms with Gasteiger partial charge in [0.1, 0.15) is 5.65 Å². The number of imidazole rings is 1. The molecule has 0 saturated carbocycles. The number of aromatic nitrogens is 2. The number of halogens is 1. The van der Waals surface area contributed by atoms with Crippen LogP contribution in [-0.2, 0) is 11.3 Å². The number of carbonyl (C=O) groups excluding carboxylic acids is 1. The van der Waals surface area contributed by atoms with Crippen molar-refractivity contribution in [3.8, 4) is 11.5 Å². The van der Waals surface area contributed by atoms with Crippen LogP contribution in [0.3, 0.4) is 0 Å². The van der Waals surface area contributed by atoms with Gasteiger partial charge in [0.15, 0.2) is 11.5 Å². The second kappa shape index (κ2) is 10.3. The molecule has 1 fully saturated rings. The number of pyridine rings is 1. The van der Waals surface area contributed by atoms with E-state index < -0.39 is 0 Å². The predicted octanol–water partition coefficient (Wildman–Crippen LogP) is 4.14. The maximum absolute atomic E-state index is 12.7. The number of carbonyl (C=O) groups is 1. The highest BCUT2D eigenvalue weighted by atomic mass is 35.5. The zero-order chi connectivity index (χ0) is 23.4. The van der Waals surface area contributed by atoms with E-state index in [1.165, 1.54) is 0 Å². The summed E-state index contributed by atoms with van der Waals surface area (Å²) in [5.74, 6) is 1.04. The van der Waals surface area contributed by atoms with Gasteiger partial charge in [-0.25, -0.2) is 4.98 Å². The summed E-state index contributed by atoms with van der Waals surface area (Å²) >= 11 is 6.38. The molecule has 7 nitrogen and oxygen atoms in total. The van der Waals surface area contributed by atoms with Crippen LogP contribution < -0.4 is 9.47 Å². The molecule has 0 bridgehead atoms. The molecule has 1 saturated heterocycles. The van der Waals surface area contributed by atoms with Crippen molar-refractivity contribution in [3.05, 3.63) is 65.1 Å². The fourth-order valence-electron chi connectivity index (χ4n) is 3.88. The lowest BCUT2D eigenvalue weighted by Crippen LogP contribution is -2.47. The van der Waals surface area contributed by atoms with Gasteiger partial charge in [0.05, 0.1) is 23.9 Å². The molecule has 0 radical (unpaired) electrons. The highest BCUT2D eigenvalue weighted by Gasteiger charge is 2.20. The van der Waals surface area contributed by atoms with Crippen LogP contribution in [0.4, 0.5) is 0 Å². The van der Waals surface area contributed by atoms with Gasteiger partial charge in [0, 0.05) is 51.2 Å². The molecule has 0 unspecified atom stereocenters. The summed E-state index contributed by atoms with van der Waals surface area (Å²) in [6, 6.07) is 9.58. The van der Waals surface area contributed by atoms with Gasteiger partial charge < -0.3 is 18.8 Å². The first-order valence-electron chi connectivity index (χ1n) is 11.1. The molecule has 4 rings (SSSR count). The summed E-state index contributed by atoms with van der Waals surface area (Å²) in [4.78, 5) is 21.6. The van der Waals surface area contributed by atoms with E-state index in [9.17, 15) is 4.79 Å². The molecule has 3 heterocycles. The van der Waals surface area contributed by atoms with Crippen LogP contribution >= 0.6 is 11.6 Å². The molecule has 0 N–H and O–H groups in total. The molecule has 1 aliphatic rings. The molecule has 33 heavy (non-hydrogen) atoms. The van der Waals surface area contributed by atoms with E-state index in [1.807, 2.05) is 53.6 Å². The third-order valence-electron chi connectivity index (χ3n) is 5.51. The molecule has 0 atom stereocenters. The van der Waals surface area contributed by atoms with Gasteiger partial charge in [-0.15, -0.1) is 0 Å². The average Bonchev–Trinajstić information content (AvgIpc) is 3.21. The van der Waals surface area contributed by atoms with E-state index in [2.05, 4.69) is 16.1 Å². The Morgan fingerprint density at radius 2 is 2.00 bits per heavy atom. The minimum atomic E-state index is -0.0225. The van der Waals surface area contributed by atoms with Crippen molar-refractivity contribution >= 4 is 29.2 Å². The first kappa shape index (κ1) is 23.1. The quantitative estimate of drug-likeness (QED) is 0.488. The second-order valence-electron chi connectivity index (χ2n) is 8.33. The van der Waals surface area contributed by atoms with Crippen LogP contribution in [0, 0.1) is 0 Å². The summed E-state index contributed by atoms with van der Waals surface area (Å²) in [5.41, 5.74) is 2.77. The first-order valence-corrected chi connectivity index (χ1v) is 11.5. The van der Waals surface area contributed by atoms with Gasteiger partial charge >= 0.3 is 0 Å². The van der Waals surface area contributed by atoms with Crippen molar-refractivity contribution in [3.63, 3.8) is 0 Å². The number of nitrogens with zero attached hydrogens (tertiary/aromatic N) is 4. The molecule has 2 aromatic heterocycles. The Morgan fingerprint density at radius 3 is 2.70 bits per heavy atom. The monoisotopic (exact) mass is 468 g/mol. The summed E-state index contributed by atoms with van der Waals surface area (Å²) in [5, 5.41) is 0.454. The first-order chi connectivity index (χ1) is 15.9. The van der Waals surface area contributed by atoms with Crippen molar-refractivity contribution in [1.29, 1.82) is 0 Å². The van der Waals surface area contributed by atoms with Gasteiger partial charge in [0.25, 0.3) is 0 Å². The number of hydrogen-bond donors (Lipinski definition) is 0. The summed E-state index contributed by atoms with van der Waals surface area (Å²) in [6.45, 7) is 7.63. The molecule has 174 valence electrons. The van der Waals surface area contributed by atoms with Crippen LogP contribution in [-0.4, -0.2) is 64.5 Å². The van der Waals surface area contributed by atoms with E-state index >= 15 is 0 Å². The molecular formula is C25H29ClN4O3. The summed E-state index contributed by atoms with van der Waals surface area (Å²) in [7, 11) is 1.57. The Morgan fingerprint density at radius 1 is 1.21 bits per heavy atom. The lowest BCUT2D eigenvalue weighted by Gasteiger charge is -2.33. The van der Waals surface area contributed by atoms with Gasteiger partial charge in [-0.3, -0.25) is 9.69 Å². The van der Waals surface area contributed by atoms with E-state index in [0.29, 0.717) is 29.6 Å². The van der Waals surface area contributed by atoms with E-state index in [0.717, 1.165) is 36.5 Å². The number of hydrogen-bond acceptors (Lipinski definition) is 5. The normalized spacial score (nSPS) is 15.0. The second-order valence-corrected chi connectivity index (χ2v) is 8.74. The van der Waals surface area contributed by atoms with Crippen molar-refractivity contribution in [1.82, 2.24) is 19.2 Å². The summed E-state index contributed by atoms with van der Waals surface area (Å²) < 4.78 is 13.2. The van der Waals surface area contributed by atoms with Crippen LogP contribution in [0.25, 0.3) is 11.7 Å². The topological polar surface area (TPSA) is 59.3 Å². The largest absolute Gasteiger partial charge is 0.493 e. The minimum Gasteiger partial charge on any atom is -0.493 e. The SMILES string of the molecule is COc1cc(/C=C/C(=O)N2CCN(Cc3cn4ccccc4n3)CC2)cc(Cl)c1OC(C)C. The number of ether oxygens (including phenoxy) is 2. The number of rotatable bonds is 7. The molecule has 0 aliphatic carbocycles. The lowest BCUT2D eigenvalue weighted by atomic mass is 10.1. The molecule has 1 amide bonds. The Labute approximate surface area is 199 Å². The number of piperazine rings is 1. The highest BCUT2D eigenvalue weighted by Crippen LogP contribution is 2.37. The zero-order valence-corrected chi connectivity index (χ0v) is 20.0. The van der Waals surface area contributed by atoms with Crippen LogP contribution in [0.2, 0.25) is 5.02 Å². The van der Waals surface area contributed by atoms with E-state index in [-0.39, 0.29) is 12.0 Å². The standard InChI is InChI=1S/C25H29ClN4O3/c1-18(2)33-25-21(26)14-19(15-22(25)32-3)7-8-24(31)29-12-10-28(11-13-29)16-20-17-30-9-5-4-6-23(30)27-20/h4-9,14-15,17-18H,10-13,16H2,1-3H3/b8-7+. The van der Waals surface area contributed by atoms with Crippen LogP contribution in [0.5, 0.6) is 11.5 Å². The van der Waals surface area contributed by atoms with Crippen LogP contribution in [0.1, 0.15) is 25.1 Å². The average molecular weight is 469 g/mol. The van der Waals surface area contributed by atoms with Crippen molar-refractivity contribution in [2.24, 2.45) is 0 Å². The van der Waals surface area contributed by atoms with Gasteiger partial charge in [-0.1, -0.05) is 17.7 Å². The van der Waals surface area contributed by atoms with Crippen LogP contribution in [0.15, 0.2) is 48.8 Å². The number of fused-ring (bicyclic) bond motifs is 1. The molecular weight excluding hydrogens is 440 g/mol. The molecule has 3 aromatic rings. The number of benzene rings is 1. The van der Waals surface area contributed by atoms with Crippen molar-refractivity contribution in [2.75, 3.05) is 33.3 Å².